The quantitative estimate of drug-likeness (QED) is 0.759. The van der Waals surface area contributed by atoms with E-state index in [1.165, 1.54) is 5.57 Å². The van der Waals surface area contributed by atoms with Gasteiger partial charge in [-0.15, -0.1) is 5.10 Å². The van der Waals surface area contributed by atoms with Crippen LogP contribution in [0.1, 0.15) is 50.9 Å². The Morgan fingerprint density at radius 2 is 1.89 bits per heavy atom. The summed E-state index contributed by atoms with van der Waals surface area (Å²) in [5, 5.41) is 8.53. The van der Waals surface area contributed by atoms with Crippen LogP contribution in [0, 0.1) is 0 Å². The average molecular weight is 389 g/mol. The molecule has 0 fully saturated rings. The summed E-state index contributed by atoms with van der Waals surface area (Å²) in [7, 11) is -3.13. The lowest BCUT2D eigenvalue weighted by Gasteiger charge is -2.20. The fourth-order valence-corrected chi connectivity index (χ4v) is 4.09. The van der Waals surface area contributed by atoms with Crippen LogP contribution in [0.4, 0.5) is 0 Å². The van der Waals surface area contributed by atoms with Crippen molar-refractivity contribution < 1.29 is 8.42 Å². The minimum Gasteiger partial charge on any atom is -0.298 e. The Balaban J connectivity index is 1.61. The van der Waals surface area contributed by atoms with Crippen molar-refractivity contribution in [1.29, 1.82) is 0 Å². The van der Waals surface area contributed by atoms with Gasteiger partial charge < -0.3 is 0 Å². The normalized spacial score (nSPS) is 16.4. The van der Waals surface area contributed by atoms with E-state index >= 15 is 0 Å². The summed E-state index contributed by atoms with van der Waals surface area (Å²) in [4.78, 5) is 2.81. The molecule has 1 aliphatic rings. The second kappa shape index (κ2) is 8.35. The number of nitrogens with zero attached hydrogens (tertiary/aromatic N) is 4. The SMILES string of the molecule is CCS(=O)(=O)c1ccc(CN2CCC=C(c3cn(C(C)C)nn3)CC2)cc1. The van der Waals surface area contributed by atoms with E-state index in [2.05, 4.69) is 35.1 Å². The zero-order valence-corrected chi connectivity index (χ0v) is 17.1. The molecule has 0 atom stereocenters. The van der Waals surface area contributed by atoms with E-state index in [1.54, 1.807) is 19.1 Å². The lowest BCUT2D eigenvalue weighted by atomic mass is 10.1. The van der Waals surface area contributed by atoms with Crippen molar-refractivity contribution in [3.8, 4) is 0 Å². The molecule has 7 heteroatoms. The first-order chi connectivity index (χ1) is 12.9. The van der Waals surface area contributed by atoms with E-state index in [1.807, 2.05) is 23.0 Å². The number of hydrogen-bond donors (Lipinski definition) is 0. The topological polar surface area (TPSA) is 68.1 Å². The van der Waals surface area contributed by atoms with E-state index in [9.17, 15) is 8.42 Å². The molecule has 0 unspecified atom stereocenters. The first-order valence-corrected chi connectivity index (χ1v) is 11.2. The monoisotopic (exact) mass is 388 g/mol. The van der Waals surface area contributed by atoms with E-state index in [0.29, 0.717) is 10.9 Å². The van der Waals surface area contributed by atoms with Gasteiger partial charge in [0, 0.05) is 25.7 Å². The molecule has 1 aromatic heterocycles. The lowest BCUT2D eigenvalue weighted by molar-refractivity contribution is 0.281. The summed E-state index contributed by atoms with van der Waals surface area (Å²) < 4.78 is 25.8. The molecule has 0 aliphatic carbocycles. The second-order valence-electron chi connectivity index (χ2n) is 7.27. The molecule has 0 spiro atoms. The molecule has 0 radical (unpaired) electrons. The maximum Gasteiger partial charge on any atom is 0.178 e. The molecule has 1 aliphatic heterocycles. The summed E-state index contributed by atoms with van der Waals surface area (Å²) in [6.45, 7) is 8.63. The van der Waals surface area contributed by atoms with E-state index in [4.69, 9.17) is 0 Å². The van der Waals surface area contributed by atoms with Gasteiger partial charge in [0.2, 0.25) is 0 Å². The largest absolute Gasteiger partial charge is 0.298 e. The zero-order chi connectivity index (χ0) is 19.4. The van der Waals surface area contributed by atoms with Crippen LogP contribution in [-0.4, -0.2) is 47.2 Å². The Morgan fingerprint density at radius 1 is 1.15 bits per heavy atom. The minimum atomic E-state index is -3.13. The fraction of sp³-hybridized carbons (Fsp3) is 0.500. The van der Waals surface area contributed by atoms with Crippen molar-refractivity contribution in [2.45, 2.75) is 51.1 Å². The molecule has 0 saturated heterocycles. The highest BCUT2D eigenvalue weighted by Crippen LogP contribution is 2.22. The number of rotatable bonds is 6. The highest BCUT2D eigenvalue weighted by molar-refractivity contribution is 7.91. The summed E-state index contributed by atoms with van der Waals surface area (Å²) in [6.07, 6.45) is 6.22. The first-order valence-electron chi connectivity index (χ1n) is 9.54. The average Bonchev–Trinajstić information content (AvgIpc) is 3.04. The van der Waals surface area contributed by atoms with Crippen LogP contribution in [0.3, 0.4) is 0 Å². The summed E-state index contributed by atoms with van der Waals surface area (Å²) in [6, 6.07) is 7.61. The van der Waals surface area contributed by atoms with Gasteiger partial charge in [-0.3, -0.25) is 4.90 Å². The van der Waals surface area contributed by atoms with E-state index in [0.717, 1.165) is 43.7 Å². The predicted octanol–water partition coefficient (Wildman–Crippen LogP) is 3.33. The van der Waals surface area contributed by atoms with Gasteiger partial charge >= 0.3 is 0 Å². The lowest BCUT2D eigenvalue weighted by Crippen LogP contribution is -2.24. The third-order valence-electron chi connectivity index (χ3n) is 4.97. The highest BCUT2D eigenvalue weighted by Gasteiger charge is 2.16. The van der Waals surface area contributed by atoms with Crippen LogP contribution < -0.4 is 0 Å². The number of hydrogen-bond acceptors (Lipinski definition) is 5. The van der Waals surface area contributed by atoms with Crippen LogP contribution in [-0.2, 0) is 16.4 Å². The van der Waals surface area contributed by atoms with Crippen LogP contribution in [0.15, 0.2) is 41.4 Å². The summed E-state index contributed by atoms with van der Waals surface area (Å²) in [5.41, 5.74) is 3.37. The first kappa shape index (κ1) is 19.8. The van der Waals surface area contributed by atoms with Crippen molar-refractivity contribution in [3.05, 3.63) is 47.8 Å². The van der Waals surface area contributed by atoms with Crippen LogP contribution in [0.25, 0.3) is 5.57 Å². The van der Waals surface area contributed by atoms with Gasteiger partial charge in [0.25, 0.3) is 0 Å². The highest BCUT2D eigenvalue weighted by atomic mass is 32.2. The van der Waals surface area contributed by atoms with Gasteiger partial charge in [-0.2, -0.15) is 0 Å². The number of benzene rings is 1. The molecule has 0 N–H and O–H groups in total. The third-order valence-corrected chi connectivity index (χ3v) is 6.72. The third kappa shape index (κ3) is 4.84. The Morgan fingerprint density at radius 3 is 2.52 bits per heavy atom. The van der Waals surface area contributed by atoms with Gasteiger partial charge in [0.1, 0.15) is 5.69 Å². The molecule has 0 saturated carbocycles. The summed E-state index contributed by atoms with van der Waals surface area (Å²) in [5.74, 6) is 0.133. The summed E-state index contributed by atoms with van der Waals surface area (Å²) >= 11 is 0. The van der Waals surface area contributed by atoms with E-state index < -0.39 is 9.84 Å². The Hall–Kier alpha value is -1.99. The standard InChI is InChI=1S/C20H28N4O2S/c1-4-27(25,26)19-9-7-17(8-10-19)14-23-12-5-6-18(11-13-23)20-15-24(16(2)3)22-21-20/h6-10,15-16H,4-5,11-14H2,1-3H3. The molecule has 146 valence electrons. The molecule has 2 aromatic rings. The molecular weight excluding hydrogens is 360 g/mol. The van der Waals surface area contributed by atoms with Gasteiger partial charge in [-0.1, -0.05) is 30.3 Å². The van der Waals surface area contributed by atoms with E-state index in [-0.39, 0.29) is 5.75 Å². The van der Waals surface area contributed by atoms with Crippen molar-refractivity contribution >= 4 is 15.4 Å². The molecule has 3 rings (SSSR count). The van der Waals surface area contributed by atoms with Crippen molar-refractivity contribution in [3.63, 3.8) is 0 Å². The van der Waals surface area contributed by atoms with Crippen LogP contribution in [0.5, 0.6) is 0 Å². The van der Waals surface area contributed by atoms with Gasteiger partial charge in [-0.25, -0.2) is 13.1 Å². The Bertz CT molecular complexity index is 898. The smallest absolute Gasteiger partial charge is 0.178 e. The molecule has 2 heterocycles. The van der Waals surface area contributed by atoms with Gasteiger partial charge in [0.05, 0.1) is 16.8 Å². The molecule has 27 heavy (non-hydrogen) atoms. The van der Waals surface area contributed by atoms with Crippen molar-refractivity contribution in [2.24, 2.45) is 0 Å². The zero-order valence-electron chi connectivity index (χ0n) is 16.3. The number of aromatic nitrogens is 3. The van der Waals surface area contributed by atoms with Gasteiger partial charge in [-0.05, 0) is 50.0 Å². The minimum absolute atomic E-state index is 0.133. The second-order valence-corrected chi connectivity index (χ2v) is 9.55. The van der Waals surface area contributed by atoms with Crippen molar-refractivity contribution in [2.75, 3.05) is 18.8 Å². The predicted molar refractivity (Wildman–Crippen MR) is 107 cm³/mol. The maximum absolute atomic E-state index is 11.9. The Labute approximate surface area is 161 Å². The Kier molecular flexibility index (Phi) is 6.11. The molecule has 6 nitrogen and oxygen atoms in total. The molecule has 0 bridgehead atoms. The fourth-order valence-electron chi connectivity index (χ4n) is 3.21. The van der Waals surface area contributed by atoms with Crippen LogP contribution in [0.2, 0.25) is 0 Å². The molecule has 1 aromatic carbocycles. The number of sulfone groups is 1. The molecule has 0 amide bonds. The molecular formula is C20H28N4O2S. The maximum atomic E-state index is 11.9. The van der Waals surface area contributed by atoms with Crippen LogP contribution >= 0.6 is 0 Å². The van der Waals surface area contributed by atoms with Gasteiger partial charge in [0.15, 0.2) is 9.84 Å². The van der Waals surface area contributed by atoms with Crippen molar-refractivity contribution in [1.82, 2.24) is 19.9 Å².